The van der Waals surface area contributed by atoms with Crippen molar-refractivity contribution in [2.45, 2.75) is 74.8 Å². The van der Waals surface area contributed by atoms with Gasteiger partial charge in [-0.05, 0) is 62.7 Å². The summed E-state index contributed by atoms with van der Waals surface area (Å²) in [6, 6.07) is -0.0728. The summed E-state index contributed by atoms with van der Waals surface area (Å²) in [6.07, 6.45) is 8.92. The van der Waals surface area contributed by atoms with E-state index in [1.807, 2.05) is 0 Å². The maximum Gasteiger partial charge on any atom is 0.330 e. The van der Waals surface area contributed by atoms with E-state index in [0.29, 0.717) is 6.42 Å². The van der Waals surface area contributed by atoms with Crippen LogP contribution in [0.4, 0.5) is 0 Å². The zero-order chi connectivity index (χ0) is 16.9. The molecule has 0 aromatic carbocycles. The van der Waals surface area contributed by atoms with Crippen molar-refractivity contribution in [2.75, 3.05) is 0 Å². The molecule has 0 aromatic rings. The Labute approximate surface area is 147 Å². The summed E-state index contributed by atoms with van der Waals surface area (Å²) in [5, 5.41) is 0. The second-order valence-electron chi connectivity index (χ2n) is 9.43. The van der Waals surface area contributed by atoms with Crippen LogP contribution in [0.15, 0.2) is 12.7 Å². The Hall–Kier alpha value is -1.36. The van der Waals surface area contributed by atoms with Gasteiger partial charge in [-0.3, -0.25) is 4.79 Å². The first-order valence-electron chi connectivity index (χ1n) is 9.90. The van der Waals surface area contributed by atoms with Gasteiger partial charge in [-0.1, -0.05) is 6.58 Å². The molecule has 4 saturated carbocycles. The van der Waals surface area contributed by atoms with Gasteiger partial charge < -0.3 is 14.4 Å². The minimum atomic E-state index is -0.400. The fourth-order valence-electron chi connectivity index (χ4n) is 7.77. The molecule has 7 aliphatic rings. The van der Waals surface area contributed by atoms with E-state index in [1.54, 1.807) is 0 Å². The molecule has 5 heteroatoms. The number of fused-ring (bicyclic) bond motifs is 1. The van der Waals surface area contributed by atoms with E-state index >= 15 is 0 Å². The Morgan fingerprint density at radius 1 is 1.16 bits per heavy atom. The third-order valence-corrected chi connectivity index (χ3v) is 8.04. The number of likely N-dealkylation sites (tertiary alicyclic amines) is 1. The van der Waals surface area contributed by atoms with Gasteiger partial charge in [0.05, 0.1) is 24.2 Å². The lowest BCUT2D eigenvalue weighted by Crippen LogP contribution is -2.64. The quantitative estimate of drug-likeness (QED) is 0.581. The number of ether oxygens (including phenoxy) is 2. The third kappa shape index (κ3) is 1.78. The van der Waals surface area contributed by atoms with Gasteiger partial charge >= 0.3 is 5.97 Å². The van der Waals surface area contributed by atoms with Crippen LogP contribution in [-0.2, 0) is 19.1 Å². The topological polar surface area (TPSA) is 55.8 Å². The maximum atomic E-state index is 13.3. The van der Waals surface area contributed by atoms with Crippen LogP contribution in [0.2, 0.25) is 0 Å². The molecule has 5 atom stereocenters. The second kappa shape index (κ2) is 4.67. The number of hydrogen-bond acceptors (Lipinski definition) is 4. The highest BCUT2D eigenvalue weighted by Gasteiger charge is 2.70. The van der Waals surface area contributed by atoms with E-state index in [9.17, 15) is 9.59 Å². The van der Waals surface area contributed by atoms with E-state index in [-0.39, 0.29) is 41.7 Å². The van der Waals surface area contributed by atoms with E-state index in [2.05, 4.69) is 11.5 Å². The minimum absolute atomic E-state index is 0.00489. The van der Waals surface area contributed by atoms with Crippen molar-refractivity contribution >= 4 is 11.9 Å². The maximum absolute atomic E-state index is 13.3. The summed E-state index contributed by atoms with van der Waals surface area (Å²) in [5.74, 6) is 2.21. The molecule has 6 bridgehead atoms. The van der Waals surface area contributed by atoms with Crippen LogP contribution < -0.4 is 0 Å². The van der Waals surface area contributed by atoms with Crippen molar-refractivity contribution in [3.05, 3.63) is 12.7 Å². The first-order valence-corrected chi connectivity index (χ1v) is 9.90. The summed E-state index contributed by atoms with van der Waals surface area (Å²) in [6.45, 7) is 3.52. The highest BCUT2D eigenvalue weighted by molar-refractivity contribution is 5.86. The average molecular weight is 343 g/mol. The standard InChI is InChI=1S/C20H25NO4/c1-2-15(22)25-18-14-6-13-17(24-14)16(18)21(19(13)23)20-7-10-3-11(8-20)5-12(4-10)9-20/h2,10-14,16-18H,1,3-9H2. The summed E-state index contributed by atoms with van der Waals surface area (Å²) in [4.78, 5) is 27.4. The largest absolute Gasteiger partial charge is 0.454 e. The van der Waals surface area contributed by atoms with Gasteiger partial charge in [0.25, 0.3) is 0 Å². The van der Waals surface area contributed by atoms with Crippen LogP contribution in [0.25, 0.3) is 0 Å². The van der Waals surface area contributed by atoms with Crippen molar-refractivity contribution in [3.8, 4) is 0 Å². The van der Waals surface area contributed by atoms with Crippen molar-refractivity contribution in [3.63, 3.8) is 0 Å². The Morgan fingerprint density at radius 3 is 2.40 bits per heavy atom. The number of carbonyl (C=O) groups is 2. The Balaban J connectivity index is 1.38. The number of hydrogen-bond donors (Lipinski definition) is 0. The predicted octanol–water partition coefficient (Wildman–Crippen LogP) is 2.05. The second-order valence-corrected chi connectivity index (χ2v) is 9.43. The number of amides is 1. The number of carbonyl (C=O) groups excluding carboxylic acids is 2. The van der Waals surface area contributed by atoms with Crippen molar-refractivity contribution in [1.29, 1.82) is 0 Å². The number of nitrogens with zero attached hydrogens (tertiary/aromatic N) is 1. The molecular weight excluding hydrogens is 318 g/mol. The Morgan fingerprint density at radius 2 is 1.80 bits per heavy atom. The molecule has 0 N–H and O–H groups in total. The molecule has 0 radical (unpaired) electrons. The molecule has 7 fully saturated rings. The highest BCUT2D eigenvalue weighted by Crippen LogP contribution is 2.61. The van der Waals surface area contributed by atoms with Crippen LogP contribution in [0, 0.1) is 23.7 Å². The van der Waals surface area contributed by atoms with Gasteiger partial charge in [0.15, 0.2) is 6.10 Å². The third-order valence-electron chi connectivity index (χ3n) is 8.04. The smallest absolute Gasteiger partial charge is 0.330 e. The van der Waals surface area contributed by atoms with E-state index < -0.39 is 5.97 Å². The minimum Gasteiger partial charge on any atom is -0.454 e. The van der Waals surface area contributed by atoms with Gasteiger partial charge in [0.1, 0.15) is 0 Å². The molecule has 3 aliphatic heterocycles. The van der Waals surface area contributed by atoms with Gasteiger partial charge in [-0.15, -0.1) is 0 Å². The van der Waals surface area contributed by atoms with Crippen LogP contribution in [0.3, 0.4) is 0 Å². The summed E-state index contributed by atoms with van der Waals surface area (Å²) in [5.41, 5.74) is 0.00489. The normalized spacial score (nSPS) is 54.4. The lowest BCUT2D eigenvalue weighted by atomic mass is 9.52. The molecule has 7 rings (SSSR count). The van der Waals surface area contributed by atoms with Crippen LogP contribution >= 0.6 is 0 Å². The molecule has 0 spiro atoms. The van der Waals surface area contributed by atoms with Crippen LogP contribution in [0.5, 0.6) is 0 Å². The number of rotatable bonds is 3. The lowest BCUT2D eigenvalue weighted by Gasteiger charge is -2.61. The summed E-state index contributed by atoms with van der Waals surface area (Å²) in [7, 11) is 0. The van der Waals surface area contributed by atoms with Crippen molar-refractivity contribution in [2.24, 2.45) is 23.7 Å². The van der Waals surface area contributed by atoms with E-state index in [4.69, 9.17) is 9.47 Å². The first-order chi connectivity index (χ1) is 12.1. The summed E-state index contributed by atoms with van der Waals surface area (Å²) < 4.78 is 11.8. The lowest BCUT2D eigenvalue weighted by molar-refractivity contribution is -0.161. The molecule has 5 unspecified atom stereocenters. The molecule has 134 valence electrons. The fourth-order valence-corrected chi connectivity index (χ4v) is 7.77. The van der Waals surface area contributed by atoms with E-state index in [1.165, 1.54) is 25.3 Å². The van der Waals surface area contributed by atoms with Crippen molar-refractivity contribution < 1.29 is 19.1 Å². The summed E-state index contributed by atoms with van der Waals surface area (Å²) >= 11 is 0. The monoisotopic (exact) mass is 343 g/mol. The highest BCUT2D eigenvalue weighted by atomic mass is 16.6. The molecule has 3 heterocycles. The molecule has 0 aromatic heterocycles. The van der Waals surface area contributed by atoms with Crippen molar-refractivity contribution in [1.82, 2.24) is 4.90 Å². The Kier molecular flexibility index (Phi) is 2.76. The molecular formula is C20H25NO4. The molecule has 5 nitrogen and oxygen atoms in total. The fraction of sp³-hybridized carbons (Fsp3) is 0.800. The Bertz CT molecular complexity index is 637. The van der Waals surface area contributed by atoms with Gasteiger partial charge in [-0.2, -0.15) is 0 Å². The molecule has 1 amide bonds. The molecule has 3 saturated heterocycles. The van der Waals surface area contributed by atoms with Crippen LogP contribution in [0.1, 0.15) is 44.9 Å². The average Bonchev–Trinajstić information content (AvgIpc) is 3.17. The van der Waals surface area contributed by atoms with Gasteiger partial charge in [0.2, 0.25) is 5.91 Å². The molecule has 25 heavy (non-hydrogen) atoms. The predicted molar refractivity (Wildman–Crippen MR) is 88.4 cm³/mol. The van der Waals surface area contributed by atoms with Crippen LogP contribution in [-0.4, -0.2) is 46.7 Å². The van der Waals surface area contributed by atoms with Gasteiger partial charge in [-0.25, -0.2) is 4.79 Å². The SMILES string of the molecule is C=CC(=O)OC1C2CC3C(=O)N(C45CC6CC(CC(C6)C4)C5)C1C3O2. The molecule has 4 aliphatic carbocycles. The zero-order valence-electron chi connectivity index (χ0n) is 14.4. The van der Waals surface area contributed by atoms with E-state index in [0.717, 1.165) is 37.0 Å². The number of esters is 1. The zero-order valence-corrected chi connectivity index (χ0v) is 14.4. The first kappa shape index (κ1) is 14.8. The van der Waals surface area contributed by atoms with Gasteiger partial charge in [0, 0.05) is 11.6 Å².